The van der Waals surface area contributed by atoms with Crippen molar-refractivity contribution in [3.05, 3.63) is 54.5 Å². The van der Waals surface area contributed by atoms with Crippen LogP contribution in [0.4, 0.5) is 4.79 Å². The zero-order valence-electron chi connectivity index (χ0n) is 15.3. The Bertz CT molecular complexity index is 860. The SMILES string of the molecule is CC(C)(C)OC(=O)N[C@@H](Cc1ccncc1)c1nnc(-c2ccoc2)nn1. The summed E-state index contributed by atoms with van der Waals surface area (Å²) in [6.07, 6.45) is 6.26. The van der Waals surface area contributed by atoms with Gasteiger partial charge in [0.05, 0.1) is 11.8 Å². The number of alkyl carbamates (subject to hydrolysis) is 1. The van der Waals surface area contributed by atoms with Gasteiger partial charge in [0.2, 0.25) is 5.82 Å². The van der Waals surface area contributed by atoms with Gasteiger partial charge < -0.3 is 14.5 Å². The Hall–Kier alpha value is -3.36. The van der Waals surface area contributed by atoms with Crippen LogP contribution in [0, 0.1) is 0 Å². The van der Waals surface area contributed by atoms with Crippen LogP contribution in [0.5, 0.6) is 0 Å². The fraction of sp³-hybridized carbons (Fsp3) is 0.333. The van der Waals surface area contributed by atoms with Crippen LogP contribution in [0.1, 0.15) is 38.2 Å². The average Bonchev–Trinajstić information content (AvgIpc) is 3.15. The number of hydrogen-bond donors (Lipinski definition) is 1. The van der Waals surface area contributed by atoms with E-state index in [0.717, 1.165) is 5.56 Å². The van der Waals surface area contributed by atoms with Crippen molar-refractivity contribution in [2.24, 2.45) is 0 Å². The highest BCUT2D eigenvalue weighted by molar-refractivity contribution is 5.68. The van der Waals surface area contributed by atoms with Crippen LogP contribution in [0.2, 0.25) is 0 Å². The molecule has 0 aromatic carbocycles. The summed E-state index contributed by atoms with van der Waals surface area (Å²) >= 11 is 0. The van der Waals surface area contributed by atoms with E-state index in [1.54, 1.807) is 39.2 Å². The van der Waals surface area contributed by atoms with Crippen molar-refractivity contribution in [2.45, 2.75) is 38.8 Å². The molecule has 0 aliphatic rings. The Labute approximate surface area is 156 Å². The standard InChI is InChI=1S/C18H20N6O3/c1-18(2,3)27-17(25)20-14(10-12-4-7-19-8-5-12)16-23-21-15(22-24-16)13-6-9-26-11-13/h4-9,11,14H,10H2,1-3H3,(H,20,25)/t14-/m0/s1. The predicted molar refractivity (Wildman–Crippen MR) is 95.4 cm³/mol. The molecule has 3 aromatic heterocycles. The molecule has 140 valence electrons. The summed E-state index contributed by atoms with van der Waals surface area (Å²) in [5, 5.41) is 19.2. The summed E-state index contributed by atoms with van der Waals surface area (Å²) in [5.41, 5.74) is 1.01. The van der Waals surface area contributed by atoms with E-state index in [2.05, 4.69) is 30.7 Å². The highest BCUT2D eigenvalue weighted by Crippen LogP contribution is 2.17. The van der Waals surface area contributed by atoms with Crippen molar-refractivity contribution in [3.8, 4) is 11.4 Å². The lowest BCUT2D eigenvalue weighted by Crippen LogP contribution is -2.36. The molecule has 0 saturated carbocycles. The second kappa shape index (κ2) is 7.90. The molecule has 0 saturated heterocycles. The van der Waals surface area contributed by atoms with E-state index in [4.69, 9.17) is 9.15 Å². The molecule has 3 rings (SSSR count). The molecule has 3 aromatic rings. The maximum absolute atomic E-state index is 12.2. The van der Waals surface area contributed by atoms with Gasteiger partial charge in [0.25, 0.3) is 0 Å². The number of nitrogens with zero attached hydrogens (tertiary/aromatic N) is 5. The summed E-state index contributed by atoms with van der Waals surface area (Å²) in [6.45, 7) is 5.39. The number of rotatable bonds is 5. The molecule has 27 heavy (non-hydrogen) atoms. The van der Waals surface area contributed by atoms with Gasteiger partial charge >= 0.3 is 6.09 Å². The van der Waals surface area contributed by atoms with Crippen LogP contribution >= 0.6 is 0 Å². The molecule has 9 nitrogen and oxygen atoms in total. The van der Waals surface area contributed by atoms with Crippen LogP contribution in [0.15, 0.2) is 47.5 Å². The van der Waals surface area contributed by atoms with Crippen LogP contribution in [-0.4, -0.2) is 37.1 Å². The first-order valence-corrected chi connectivity index (χ1v) is 8.39. The molecule has 0 aliphatic heterocycles. The highest BCUT2D eigenvalue weighted by atomic mass is 16.6. The van der Waals surface area contributed by atoms with Gasteiger partial charge in [-0.05, 0) is 44.5 Å². The van der Waals surface area contributed by atoms with E-state index in [-0.39, 0.29) is 5.82 Å². The third-order valence-electron chi connectivity index (χ3n) is 3.47. The van der Waals surface area contributed by atoms with Crippen molar-refractivity contribution in [3.63, 3.8) is 0 Å². The summed E-state index contributed by atoms with van der Waals surface area (Å²) in [6, 6.07) is 4.86. The lowest BCUT2D eigenvalue weighted by molar-refractivity contribution is 0.0500. The number of nitrogens with one attached hydrogen (secondary N) is 1. The first-order chi connectivity index (χ1) is 12.9. The number of ether oxygens (including phenoxy) is 1. The first kappa shape index (κ1) is 18.4. The molecule has 1 atom stereocenters. The number of furan rings is 1. The summed E-state index contributed by atoms with van der Waals surface area (Å²) < 4.78 is 10.3. The van der Waals surface area contributed by atoms with E-state index in [0.29, 0.717) is 17.8 Å². The molecule has 0 fully saturated rings. The van der Waals surface area contributed by atoms with Gasteiger partial charge in [-0.3, -0.25) is 4.98 Å². The number of aromatic nitrogens is 5. The smallest absolute Gasteiger partial charge is 0.408 e. The van der Waals surface area contributed by atoms with E-state index in [9.17, 15) is 4.79 Å². The molecular formula is C18H20N6O3. The molecule has 9 heteroatoms. The summed E-state index contributed by atoms with van der Waals surface area (Å²) in [4.78, 5) is 16.2. The molecule has 0 bridgehead atoms. The van der Waals surface area contributed by atoms with E-state index in [1.165, 1.54) is 12.5 Å². The monoisotopic (exact) mass is 368 g/mol. The van der Waals surface area contributed by atoms with E-state index >= 15 is 0 Å². The lowest BCUT2D eigenvalue weighted by Gasteiger charge is -2.22. The molecule has 1 amide bonds. The van der Waals surface area contributed by atoms with Crippen LogP contribution in [0.25, 0.3) is 11.4 Å². The van der Waals surface area contributed by atoms with Crippen molar-refractivity contribution in [1.82, 2.24) is 30.7 Å². The maximum atomic E-state index is 12.2. The molecular weight excluding hydrogens is 348 g/mol. The highest BCUT2D eigenvalue weighted by Gasteiger charge is 2.23. The minimum Gasteiger partial charge on any atom is -0.472 e. The second-order valence-corrected chi connectivity index (χ2v) is 6.85. The zero-order valence-corrected chi connectivity index (χ0v) is 15.3. The van der Waals surface area contributed by atoms with Crippen molar-refractivity contribution in [2.75, 3.05) is 0 Å². The Morgan fingerprint density at radius 1 is 1.15 bits per heavy atom. The average molecular weight is 368 g/mol. The number of carbonyl (C=O) groups is 1. The molecule has 0 radical (unpaired) electrons. The number of hydrogen-bond acceptors (Lipinski definition) is 8. The minimum absolute atomic E-state index is 0.282. The van der Waals surface area contributed by atoms with Gasteiger partial charge in [0.15, 0.2) is 5.82 Å². The predicted octanol–water partition coefficient (Wildman–Crippen LogP) is 2.73. The van der Waals surface area contributed by atoms with Gasteiger partial charge in [0, 0.05) is 18.8 Å². The lowest BCUT2D eigenvalue weighted by atomic mass is 10.1. The quantitative estimate of drug-likeness (QED) is 0.731. The van der Waals surface area contributed by atoms with Crippen molar-refractivity contribution in [1.29, 1.82) is 0 Å². The van der Waals surface area contributed by atoms with E-state index < -0.39 is 17.7 Å². The van der Waals surface area contributed by atoms with Gasteiger partial charge in [0.1, 0.15) is 17.9 Å². The van der Waals surface area contributed by atoms with Crippen LogP contribution < -0.4 is 5.32 Å². The fourth-order valence-corrected chi connectivity index (χ4v) is 2.29. The number of carbonyl (C=O) groups excluding carboxylic acids is 1. The van der Waals surface area contributed by atoms with Crippen molar-refractivity contribution < 1.29 is 13.9 Å². The maximum Gasteiger partial charge on any atom is 0.408 e. The molecule has 0 aliphatic carbocycles. The fourth-order valence-electron chi connectivity index (χ4n) is 2.29. The third kappa shape index (κ3) is 5.30. The van der Waals surface area contributed by atoms with Crippen molar-refractivity contribution >= 4 is 6.09 Å². The van der Waals surface area contributed by atoms with Gasteiger partial charge in [-0.1, -0.05) is 0 Å². The molecule has 0 unspecified atom stereocenters. The Morgan fingerprint density at radius 2 is 1.85 bits per heavy atom. The topological polar surface area (TPSA) is 116 Å². The number of amides is 1. The minimum atomic E-state index is -0.617. The van der Waals surface area contributed by atoms with Gasteiger partial charge in [-0.2, -0.15) is 0 Å². The summed E-state index contributed by atoms with van der Waals surface area (Å²) in [7, 11) is 0. The molecule has 3 heterocycles. The van der Waals surface area contributed by atoms with Crippen LogP contribution in [0.3, 0.4) is 0 Å². The summed E-state index contributed by atoms with van der Waals surface area (Å²) in [5.74, 6) is 0.623. The third-order valence-corrected chi connectivity index (χ3v) is 3.47. The van der Waals surface area contributed by atoms with Crippen LogP contribution in [-0.2, 0) is 11.2 Å². The normalized spacial score (nSPS) is 12.4. The number of pyridine rings is 1. The molecule has 0 spiro atoms. The van der Waals surface area contributed by atoms with E-state index in [1.807, 2.05) is 12.1 Å². The first-order valence-electron chi connectivity index (χ1n) is 8.39. The van der Waals surface area contributed by atoms with Gasteiger partial charge in [-0.25, -0.2) is 4.79 Å². The Morgan fingerprint density at radius 3 is 2.44 bits per heavy atom. The largest absolute Gasteiger partial charge is 0.472 e. The molecule has 1 N–H and O–H groups in total. The van der Waals surface area contributed by atoms with Gasteiger partial charge in [-0.15, -0.1) is 20.4 Å². The zero-order chi connectivity index (χ0) is 19.3. The Kier molecular flexibility index (Phi) is 5.39. The second-order valence-electron chi connectivity index (χ2n) is 6.85. The Balaban J connectivity index is 1.81.